The summed E-state index contributed by atoms with van der Waals surface area (Å²) in [6.07, 6.45) is 5.60. The lowest BCUT2D eigenvalue weighted by Crippen LogP contribution is -1.98. The largest absolute Gasteiger partial charge is 0.332 e. The van der Waals surface area contributed by atoms with E-state index >= 15 is 0 Å². The fourth-order valence-electron chi connectivity index (χ4n) is 2.93. The first-order valence-corrected chi connectivity index (χ1v) is 8.33. The molecular weight excluding hydrogens is 324 g/mol. The molecule has 0 spiro atoms. The minimum absolute atomic E-state index is 0.485. The van der Waals surface area contributed by atoms with Gasteiger partial charge in [0.25, 0.3) is 0 Å². The van der Waals surface area contributed by atoms with Gasteiger partial charge < -0.3 is 9.88 Å². The van der Waals surface area contributed by atoms with Gasteiger partial charge in [-0.2, -0.15) is 5.26 Å². The van der Waals surface area contributed by atoms with E-state index in [-0.39, 0.29) is 0 Å². The standard InChI is InChI=1S/C20H16N6/c1-2-26-13-17(16-7-4-9-22-19(16)26)18-8-10-23-20(25-18)24-15-6-3-5-14(11-15)12-21/h3-11,13H,2H2,1H3,(H,23,24,25). The second kappa shape index (κ2) is 6.65. The Balaban J connectivity index is 1.73. The van der Waals surface area contributed by atoms with E-state index in [1.165, 1.54) is 0 Å². The molecule has 0 atom stereocenters. The maximum absolute atomic E-state index is 9.03. The van der Waals surface area contributed by atoms with Gasteiger partial charge in [-0.05, 0) is 43.3 Å². The minimum atomic E-state index is 0.485. The third kappa shape index (κ3) is 2.87. The molecule has 0 unspecified atom stereocenters. The molecule has 3 heterocycles. The molecule has 3 aromatic heterocycles. The van der Waals surface area contributed by atoms with Gasteiger partial charge >= 0.3 is 0 Å². The van der Waals surface area contributed by atoms with Gasteiger partial charge in [0, 0.05) is 41.8 Å². The zero-order valence-corrected chi connectivity index (χ0v) is 14.2. The van der Waals surface area contributed by atoms with Crippen molar-refractivity contribution < 1.29 is 0 Å². The van der Waals surface area contributed by atoms with Crippen molar-refractivity contribution in [3.8, 4) is 17.3 Å². The SMILES string of the molecule is CCn1cc(-c2ccnc(Nc3cccc(C#N)c3)n2)c2cccnc21. The number of nitrogens with zero attached hydrogens (tertiary/aromatic N) is 5. The summed E-state index contributed by atoms with van der Waals surface area (Å²) in [5.74, 6) is 0.485. The van der Waals surface area contributed by atoms with E-state index in [2.05, 4.69) is 50.1 Å². The third-order valence-corrected chi connectivity index (χ3v) is 4.15. The Morgan fingerprint density at radius 2 is 2.04 bits per heavy atom. The molecule has 0 amide bonds. The number of pyridine rings is 1. The lowest BCUT2D eigenvalue weighted by molar-refractivity contribution is 0.788. The predicted molar refractivity (Wildman–Crippen MR) is 101 cm³/mol. The highest BCUT2D eigenvalue weighted by Gasteiger charge is 2.12. The monoisotopic (exact) mass is 340 g/mol. The van der Waals surface area contributed by atoms with Crippen LogP contribution in [0.25, 0.3) is 22.3 Å². The Morgan fingerprint density at radius 1 is 1.12 bits per heavy atom. The number of nitrogens with one attached hydrogen (secondary N) is 1. The molecule has 0 aliphatic heterocycles. The summed E-state index contributed by atoms with van der Waals surface area (Å²) in [4.78, 5) is 13.4. The highest BCUT2D eigenvalue weighted by atomic mass is 15.1. The van der Waals surface area contributed by atoms with Crippen LogP contribution in [0.1, 0.15) is 12.5 Å². The van der Waals surface area contributed by atoms with Crippen LogP contribution in [0.3, 0.4) is 0 Å². The van der Waals surface area contributed by atoms with Gasteiger partial charge in [0.15, 0.2) is 0 Å². The molecule has 0 bridgehead atoms. The number of aryl methyl sites for hydroxylation is 1. The summed E-state index contributed by atoms with van der Waals surface area (Å²) in [6.45, 7) is 2.93. The zero-order chi connectivity index (χ0) is 17.9. The Kier molecular flexibility index (Phi) is 4.04. The summed E-state index contributed by atoms with van der Waals surface area (Å²) < 4.78 is 2.11. The maximum atomic E-state index is 9.03. The highest BCUT2D eigenvalue weighted by molar-refractivity contribution is 5.93. The molecule has 1 aromatic carbocycles. The van der Waals surface area contributed by atoms with Crippen LogP contribution in [-0.4, -0.2) is 19.5 Å². The summed E-state index contributed by atoms with van der Waals surface area (Å²) in [6, 6.07) is 15.2. The molecule has 0 aliphatic rings. The van der Waals surface area contributed by atoms with Gasteiger partial charge in [0.2, 0.25) is 5.95 Å². The van der Waals surface area contributed by atoms with E-state index in [4.69, 9.17) is 5.26 Å². The predicted octanol–water partition coefficient (Wildman–Crippen LogP) is 4.13. The molecule has 0 saturated heterocycles. The van der Waals surface area contributed by atoms with E-state index in [0.29, 0.717) is 11.5 Å². The van der Waals surface area contributed by atoms with Gasteiger partial charge in [-0.15, -0.1) is 0 Å². The number of aromatic nitrogens is 4. The van der Waals surface area contributed by atoms with Crippen LogP contribution < -0.4 is 5.32 Å². The summed E-state index contributed by atoms with van der Waals surface area (Å²) in [7, 11) is 0. The number of nitriles is 1. The molecule has 4 rings (SSSR count). The number of hydrogen-bond acceptors (Lipinski definition) is 5. The third-order valence-electron chi connectivity index (χ3n) is 4.15. The molecule has 4 aromatic rings. The van der Waals surface area contributed by atoms with E-state index in [1.807, 2.05) is 24.3 Å². The molecule has 6 nitrogen and oxygen atoms in total. The number of rotatable bonds is 4. The molecule has 0 saturated carbocycles. The summed E-state index contributed by atoms with van der Waals surface area (Å²) >= 11 is 0. The van der Waals surface area contributed by atoms with Crippen molar-refractivity contribution in [2.24, 2.45) is 0 Å². The van der Waals surface area contributed by atoms with Crippen molar-refractivity contribution >= 4 is 22.7 Å². The maximum Gasteiger partial charge on any atom is 0.227 e. The fraction of sp³-hybridized carbons (Fsp3) is 0.100. The van der Waals surface area contributed by atoms with Gasteiger partial charge in [0.05, 0.1) is 17.3 Å². The normalized spacial score (nSPS) is 10.6. The van der Waals surface area contributed by atoms with Crippen molar-refractivity contribution in [2.45, 2.75) is 13.5 Å². The van der Waals surface area contributed by atoms with Gasteiger partial charge in [-0.1, -0.05) is 6.07 Å². The van der Waals surface area contributed by atoms with Crippen molar-refractivity contribution in [3.63, 3.8) is 0 Å². The van der Waals surface area contributed by atoms with Crippen LogP contribution in [0.4, 0.5) is 11.6 Å². The Hall–Kier alpha value is -3.72. The molecule has 126 valence electrons. The van der Waals surface area contributed by atoms with Crippen molar-refractivity contribution in [1.29, 1.82) is 5.26 Å². The average molecular weight is 340 g/mol. The van der Waals surface area contributed by atoms with Crippen LogP contribution in [0.5, 0.6) is 0 Å². The van der Waals surface area contributed by atoms with Crippen molar-refractivity contribution in [2.75, 3.05) is 5.32 Å². The number of anilines is 2. The molecule has 26 heavy (non-hydrogen) atoms. The van der Waals surface area contributed by atoms with E-state index < -0.39 is 0 Å². The molecule has 0 fully saturated rings. The topological polar surface area (TPSA) is 79.4 Å². The summed E-state index contributed by atoms with van der Waals surface area (Å²) in [5, 5.41) is 13.3. The van der Waals surface area contributed by atoms with E-state index in [0.717, 1.165) is 34.5 Å². The minimum Gasteiger partial charge on any atom is -0.332 e. The van der Waals surface area contributed by atoms with Gasteiger partial charge in [-0.25, -0.2) is 15.0 Å². The van der Waals surface area contributed by atoms with Crippen LogP contribution in [0.15, 0.2) is 61.1 Å². The lowest BCUT2D eigenvalue weighted by Gasteiger charge is -2.06. The molecule has 0 aliphatic carbocycles. The van der Waals surface area contributed by atoms with E-state index in [1.54, 1.807) is 24.5 Å². The molecule has 0 radical (unpaired) electrons. The first kappa shape index (κ1) is 15.8. The fourth-order valence-corrected chi connectivity index (χ4v) is 2.93. The molecular formula is C20H16N6. The Labute approximate surface area is 150 Å². The van der Waals surface area contributed by atoms with Crippen LogP contribution in [0.2, 0.25) is 0 Å². The van der Waals surface area contributed by atoms with Crippen LogP contribution >= 0.6 is 0 Å². The van der Waals surface area contributed by atoms with Crippen molar-refractivity contribution in [1.82, 2.24) is 19.5 Å². The Morgan fingerprint density at radius 3 is 2.88 bits per heavy atom. The first-order chi connectivity index (χ1) is 12.8. The van der Waals surface area contributed by atoms with Gasteiger partial charge in [0.1, 0.15) is 5.65 Å². The van der Waals surface area contributed by atoms with Crippen LogP contribution in [0, 0.1) is 11.3 Å². The lowest BCUT2D eigenvalue weighted by atomic mass is 10.1. The second-order valence-electron chi connectivity index (χ2n) is 5.79. The average Bonchev–Trinajstić information content (AvgIpc) is 3.07. The number of fused-ring (bicyclic) bond motifs is 1. The van der Waals surface area contributed by atoms with Crippen LogP contribution in [-0.2, 0) is 6.54 Å². The summed E-state index contributed by atoms with van der Waals surface area (Å²) in [5.41, 5.74) is 4.15. The molecule has 6 heteroatoms. The number of benzene rings is 1. The van der Waals surface area contributed by atoms with E-state index in [9.17, 15) is 0 Å². The second-order valence-corrected chi connectivity index (χ2v) is 5.79. The highest BCUT2D eigenvalue weighted by Crippen LogP contribution is 2.29. The quantitative estimate of drug-likeness (QED) is 0.604. The van der Waals surface area contributed by atoms with Crippen molar-refractivity contribution in [3.05, 3.63) is 66.6 Å². The zero-order valence-electron chi connectivity index (χ0n) is 14.2. The molecule has 1 N–H and O–H groups in total. The Bertz CT molecular complexity index is 1120. The smallest absolute Gasteiger partial charge is 0.227 e. The first-order valence-electron chi connectivity index (χ1n) is 8.33. The van der Waals surface area contributed by atoms with Gasteiger partial charge in [-0.3, -0.25) is 0 Å². The number of hydrogen-bond donors (Lipinski definition) is 1.